The van der Waals surface area contributed by atoms with Crippen LogP contribution in [0, 0.1) is 10.1 Å². The summed E-state index contributed by atoms with van der Waals surface area (Å²) < 4.78 is 5.46. The molecule has 1 aliphatic heterocycles. The normalized spacial score (nSPS) is 16.5. The number of hydrogen-bond donors (Lipinski definition) is 0. The molecule has 0 aliphatic carbocycles. The van der Waals surface area contributed by atoms with Crippen molar-refractivity contribution in [3.05, 3.63) is 34.4 Å². The smallest absolute Gasteiger partial charge is 0.414 e. The van der Waals surface area contributed by atoms with Gasteiger partial charge in [-0.3, -0.25) is 15.0 Å². The lowest BCUT2D eigenvalue weighted by Crippen LogP contribution is -2.38. The second-order valence-electron chi connectivity index (χ2n) is 5.22. The van der Waals surface area contributed by atoms with E-state index in [0.29, 0.717) is 5.69 Å². The average Bonchev–Trinajstić information content (AvgIpc) is 2.49. The van der Waals surface area contributed by atoms with Crippen LogP contribution in [0.25, 0.3) is 0 Å². The molecule has 0 aromatic heterocycles. The highest BCUT2D eigenvalue weighted by Crippen LogP contribution is 2.20. The molecule has 1 heterocycles. The summed E-state index contributed by atoms with van der Waals surface area (Å²) in [4.78, 5) is 25.8. The number of nitrogens with zero attached hydrogens (tertiary/aromatic N) is 3. The zero-order chi connectivity index (χ0) is 15.4. The lowest BCUT2D eigenvalue weighted by atomic mass is 10.1. The van der Waals surface area contributed by atoms with E-state index in [1.807, 2.05) is 7.05 Å². The highest BCUT2D eigenvalue weighted by Gasteiger charge is 2.22. The average molecular weight is 293 g/mol. The second-order valence-corrected chi connectivity index (χ2v) is 5.22. The van der Waals surface area contributed by atoms with Crippen molar-refractivity contribution in [2.75, 3.05) is 32.1 Å². The summed E-state index contributed by atoms with van der Waals surface area (Å²) in [6.07, 6.45) is 1.17. The Morgan fingerprint density at radius 3 is 2.43 bits per heavy atom. The minimum Gasteiger partial charge on any atom is -0.446 e. The molecule has 0 unspecified atom stereocenters. The second kappa shape index (κ2) is 6.53. The Hall–Kier alpha value is -2.15. The Morgan fingerprint density at radius 2 is 1.90 bits per heavy atom. The highest BCUT2D eigenvalue weighted by molar-refractivity contribution is 5.87. The number of piperidine rings is 1. The largest absolute Gasteiger partial charge is 0.446 e. The van der Waals surface area contributed by atoms with E-state index in [1.165, 1.54) is 29.2 Å². The fourth-order valence-electron chi connectivity index (χ4n) is 2.23. The van der Waals surface area contributed by atoms with Gasteiger partial charge in [-0.05, 0) is 32.0 Å². The summed E-state index contributed by atoms with van der Waals surface area (Å²) in [5.41, 5.74) is 0.564. The zero-order valence-corrected chi connectivity index (χ0v) is 12.2. The third kappa shape index (κ3) is 3.91. The van der Waals surface area contributed by atoms with Crippen LogP contribution in [-0.4, -0.2) is 49.2 Å². The maximum absolute atomic E-state index is 12.1. The molecule has 7 heteroatoms. The van der Waals surface area contributed by atoms with Crippen LogP contribution in [0.1, 0.15) is 12.8 Å². The number of carbonyl (C=O) groups excluding carboxylic acids is 1. The molecule has 21 heavy (non-hydrogen) atoms. The van der Waals surface area contributed by atoms with E-state index in [2.05, 4.69) is 4.90 Å². The SMILES string of the molecule is CN1CCC(OC(=O)N(C)c2ccc([N+](=O)[O-])cc2)CC1. The summed E-state index contributed by atoms with van der Waals surface area (Å²) in [5.74, 6) is 0. The van der Waals surface area contributed by atoms with Crippen LogP contribution in [0.2, 0.25) is 0 Å². The van der Waals surface area contributed by atoms with E-state index in [9.17, 15) is 14.9 Å². The molecule has 2 rings (SSSR count). The summed E-state index contributed by atoms with van der Waals surface area (Å²) in [6, 6.07) is 5.81. The van der Waals surface area contributed by atoms with Crippen molar-refractivity contribution < 1.29 is 14.5 Å². The molecule has 0 spiro atoms. The predicted octanol–water partition coefficient (Wildman–Crippen LogP) is 2.26. The van der Waals surface area contributed by atoms with Gasteiger partial charge in [0.15, 0.2) is 0 Å². The van der Waals surface area contributed by atoms with Crippen LogP contribution < -0.4 is 4.90 Å². The van der Waals surface area contributed by atoms with Gasteiger partial charge in [0.2, 0.25) is 0 Å². The number of non-ortho nitro benzene ring substituents is 1. The number of likely N-dealkylation sites (tertiary alicyclic amines) is 1. The van der Waals surface area contributed by atoms with Crippen molar-refractivity contribution in [2.45, 2.75) is 18.9 Å². The quantitative estimate of drug-likeness (QED) is 0.631. The van der Waals surface area contributed by atoms with Crippen molar-refractivity contribution >= 4 is 17.5 Å². The van der Waals surface area contributed by atoms with Crippen molar-refractivity contribution in [3.63, 3.8) is 0 Å². The van der Waals surface area contributed by atoms with E-state index in [4.69, 9.17) is 4.74 Å². The van der Waals surface area contributed by atoms with Gasteiger partial charge in [0.25, 0.3) is 5.69 Å². The molecule has 1 aromatic rings. The number of anilines is 1. The van der Waals surface area contributed by atoms with Gasteiger partial charge in [0, 0.05) is 38.0 Å². The monoisotopic (exact) mass is 293 g/mol. The summed E-state index contributed by atoms with van der Waals surface area (Å²) in [7, 11) is 3.64. The molecule has 0 N–H and O–H groups in total. The standard InChI is InChI=1S/C14H19N3O4/c1-15-9-7-13(8-10-15)21-14(18)16(2)11-3-5-12(6-4-11)17(19)20/h3-6,13H,7-10H2,1-2H3. The topological polar surface area (TPSA) is 75.9 Å². The molecule has 0 radical (unpaired) electrons. The summed E-state index contributed by atoms with van der Waals surface area (Å²) in [6.45, 7) is 1.83. The van der Waals surface area contributed by atoms with Gasteiger partial charge in [0.05, 0.1) is 4.92 Å². The van der Waals surface area contributed by atoms with Crippen molar-refractivity contribution in [3.8, 4) is 0 Å². The Balaban J connectivity index is 1.94. The maximum Gasteiger partial charge on any atom is 0.414 e. The Kier molecular flexibility index (Phi) is 4.74. The van der Waals surface area contributed by atoms with Gasteiger partial charge in [0.1, 0.15) is 6.10 Å². The fraction of sp³-hybridized carbons (Fsp3) is 0.500. The van der Waals surface area contributed by atoms with Crippen molar-refractivity contribution in [1.29, 1.82) is 0 Å². The molecular formula is C14H19N3O4. The molecule has 1 fully saturated rings. The minimum absolute atomic E-state index is 0.00386. The first-order chi connectivity index (χ1) is 9.97. The molecule has 1 amide bonds. The fourth-order valence-corrected chi connectivity index (χ4v) is 2.23. The number of ether oxygens (including phenoxy) is 1. The first-order valence-corrected chi connectivity index (χ1v) is 6.84. The van der Waals surface area contributed by atoms with Crippen LogP contribution in [0.5, 0.6) is 0 Å². The number of benzene rings is 1. The highest BCUT2D eigenvalue weighted by atomic mass is 16.6. The molecule has 1 saturated heterocycles. The molecule has 0 bridgehead atoms. The number of hydrogen-bond acceptors (Lipinski definition) is 5. The van der Waals surface area contributed by atoms with E-state index in [-0.39, 0.29) is 11.8 Å². The van der Waals surface area contributed by atoms with Crippen LogP contribution in [0.3, 0.4) is 0 Å². The van der Waals surface area contributed by atoms with Crippen LogP contribution >= 0.6 is 0 Å². The van der Waals surface area contributed by atoms with E-state index >= 15 is 0 Å². The van der Waals surface area contributed by atoms with E-state index in [0.717, 1.165) is 25.9 Å². The summed E-state index contributed by atoms with van der Waals surface area (Å²) >= 11 is 0. The van der Waals surface area contributed by atoms with Crippen LogP contribution in [0.15, 0.2) is 24.3 Å². The van der Waals surface area contributed by atoms with E-state index in [1.54, 1.807) is 7.05 Å². The predicted molar refractivity (Wildman–Crippen MR) is 78.5 cm³/mol. The van der Waals surface area contributed by atoms with Gasteiger partial charge in [-0.2, -0.15) is 0 Å². The summed E-state index contributed by atoms with van der Waals surface area (Å²) in [5, 5.41) is 10.6. The third-order valence-corrected chi connectivity index (χ3v) is 3.65. The Morgan fingerprint density at radius 1 is 1.33 bits per heavy atom. The molecule has 0 saturated carbocycles. The third-order valence-electron chi connectivity index (χ3n) is 3.65. The number of amides is 1. The lowest BCUT2D eigenvalue weighted by molar-refractivity contribution is -0.384. The molecule has 7 nitrogen and oxygen atoms in total. The molecule has 0 atom stereocenters. The number of carbonyl (C=O) groups is 1. The van der Waals surface area contributed by atoms with Gasteiger partial charge >= 0.3 is 6.09 Å². The molecule has 1 aromatic carbocycles. The minimum atomic E-state index is -0.472. The van der Waals surface area contributed by atoms with Gasteiger partial charge in [-0.1, -0.05) is 0 Å². The number of nitro benzene ring substituents is 1. The van der Waals surface area contributed by atoms with Gasteiger partial charge < -0.3 is 9.64 Å². The van der Waals surface area contributed by atoms with Crippen LogP contribution in [-0.2, 0) is 4.74 Å². The zero-order valence-electron chi connectivity index (χ0n) is 12.2. The van der Waals surface area contributed by atoms with Crippen molar-refractivity contribution in [1.82, 2.24) is 4.90 Å². The first kappa shape index (κ1) is 15.2. The Bertz CT molecular complexity index is 509. The molecule has 114 valence electrons. The van der Waals surface area contributed by atoms with Crippen LogP contribution in [0.4, 0.5) is 16.2 Å². The maximum atomic E-state index is 12.1. The van der Waals surface area contributed by atoms with E-state index < -0.39 is 11.0 Å². The molecule has 1 aliphatic rings. The molecular weight excluding hydrogens is 274 g/mol. The lowest BCUT2D eigenvalue weighted by Gasteiger charge is -2.29. The van der Waals surface area contributed by atoms with Crippen molar-refractivity contribution in [2.24, 2.45) is 0 Å². The first-order valence-electron chi connectivity index (χ1n) is 6.84. The number of rotatable bonds is 3. The van der Waals surface area contributed by atoms with Gasteiger partial charge in [-0.15, -0.1) is 0 Å². The van der Waals surface area contributed by atoms with Gasteiger partial charge in [-0.25, -0.2) is 4.79 Å². The number of nitro groups is 1. The Labute approximate surface area is 123 Å².